The second-order valence-electron chi connectivity index (χ2n) is 5.15. The molecular formula is C13H25N3O4. The molecule has 1 rings (SSSR count). The van der Waals surface area contributed by atoms with Crippen LogP contribution in [0, 0.1) is 5.92 Å². The zero-order valence-corrected chi connectivity index (χ0v) is 12.2. The van der Waals surface area contributed by atoms with Crippen molar-refractivity contribution in [2.75, 3.05) is 40.3 Å². The predicted molar refractivity (Wildman–Crippen MR) is 74.7 cm³/mol. The molecule has 0 radical (unpaired) electrons. The number of carboxylic acid groups (broad SMARTS) is 1. The van der Waals surface area contributed by atoms with E-state index in [1.54, 1.807) is 4.90 Å². The standard InChI is InChI=1S/C13H25N3O4/c1-14-7-10-4-3-5-16(9-10)13(19)15-8-11(20-2)6-12(17)18/h10-11,14H,3-9H2,1-2H3,(H,15,19)(H,17,18). The summed E-state index contributed by atoms with van der Waals surface area (Å²) in [6, 6.07) is -0.141. The monoisotopic (exact) mass is 287 g/mol. The minimum atomic E-state index is -0.932. The number of nitrogens with zero attached hydrogens (tertiary/aromatic N) is 1. The SMILES string of the molecule is CNCC1CCCN(C(=O)NCC(CC(=O)O)OC)C1. The van der Waals surface area contributed by atoms with Crippen molar-refractivity contribution in [3.8, 4) is 0 Å². The highest BCUT2D eigenvalue weighted by Gasteiger charge is 2.23. The first-order valence-electron chi connectivity index (χ1n) is 6.98. The first kappa shape index (κ1) is 16.7. The maximum Gasteiger partial charge on any atom is 0.317 e. The van der Waals surface area contributed by atoms with Crippen LogP contribution in [0.15, 0.2) is 0 Å². The molecule has 0 aromatic rings. The Balaban J connectivity index is 2.35. The van der Waals surface area contributed by atoms with Crippen LogP contribution in [0.25, 0.3) is 0 Å². The highest BCUT2D eigenvalue weighted by molar-refractivity contribution is 5.74. The highest BCUT2D eigenvalue weighted by Crippen LogP contribution is 2.15. The molecule has 1 aliphatic rings. The molecule has 7 heteroatoms. The van der Waals surface area contributed by atoms with Crippen LogP contribution < -0.4 is 10.6 Å². The number of carbonyl (C=O) groups excluding carboxylic acids is 1. The van der Waals surface area contributed by atoms with Gasteiger partial charge in [-0.3, -0.25) is 4.79 Å². The Bertz CT molecular complexity index is 323. The van der Waals surface area contributed by atoms with E-state index in [1.807, 2.05) is 7.05 Å². The lowest BCUT2D eigenvalue weighted by Crippen LogP contribution is -2.48. The summed E-state index contributed by atoms with van der Waals surface area (Å²) < 4.78 is 5.03. The number of amides is 2. The summed E-state index contributed by atoms with van der Waals surface area (Å²) in [4.78, 5) is 24.5. The molecule has 1 fully saturated rings. The van der Waals surface area contributed by atoms with Crippen LogP contribution in [-0.4, -0.2) is 68.4 Å². The molecule has 1 aliphatic heterocycles. The van der Waals surface area contributed by atoms with E-state index in [9.17, 15) is 9.59 Å². The van der Waals surface area contributed by atoms with Crippen molar-refractivity contribution < 1.29 is 19.4 Å². The minimum Gasteiger partial charge on any atom is -0.481 e. The number of hydrogen-bond acceptors (Lipinski definition) is 4. The first-order chi connectivity index (χ1) is 9.56. The number of rotatable bonds is 7. The smallest absolute Gasteiger partial charge is 0.317 e. The van der Waals surface area contributed by atoms with Crippen molar-refractivity contribution in [1.82, 2.24) is 15.5 Å². The molecular weight excluding hydrogens is 262 g/mol. The lowest BCUT2D eigenvalue weighted by molar-refractivity contribution is -0.139. The van der Waals surface area contributed by atoms with Gasteiger partial charge in [-0.15, -0.1) is 0 Å². The van der Waals surface area contributed by atoms with Gasteiger partial charge in [0.15, 0.2) is 0 Å². The maximum absolute atomic E-state index is 12.0. The van der Waals surface area contributed by atoms with Crippen molar-refractivity contribution in [3.05, 3.63) is 0 Å². The molecule has 116 valence electrons. The molecule has 0 aromatic carbocycles. The number of ether oxygens (including phenoxy) is 1. The molecule has 2 amide bonds. The molecule has 0 saturated carbocycles. The fourth-order valence-corrected chi connectivity index (χ4v) is 2.45. The van der Waals surface area contributed by atoms with Crippen molar-refractivity contribution in [3.63, 3.8) is 0 Å². The summed E-state index contributed by atoms with van der Waals surface area (Å²) in [6.07, 6.45) is 1.53. The number of hydrogen-bond donors (Lipinski definition) is 3. The lowest BCUT2D eigenvalue weighted by Gasteiger charge is -2.33. The van der Waals surface area contributed by atoms with Crippen molar-refractivity contribution in [1.29, 1.82) is 0 Å². The molecule has 2 atom stereocenters. The van der Waals surface area contributed by atoms with E-state index in [0.29, 0.717) is 5.92 Å². The lowest BCUT2D eigenvalue weighted by atomic mass is 9.98. The molecule has 0 aromatic heterocycles. The van der Waals surface area contributed by atoms with Gasteiger partial charge in [-0.1, -0.05) is 0 Å². The van der Waals surface area contributed by atoms with Crippen LogP contribution in [0.1, 0.15) is 19.3 Å². The molecule has 20 heavy (non-hydrogen) atoms. The number of carboxylic acids is 1. The zero-order chi connectivity index (χ0) is 15.0. The Morgan fingerprint density at radius 1 is 1.50 bits per heavy atom. The van der Waals surface area contributed by atoms with Gasteiger partial charge in [-0.25, -0.2) is 4.79 Å². The van der Waals surface area contributed by atoms with E-state index in [0.717, 1.165) is 32.5 Å². The second-order valence-corrected chi connectivity index (χ2v) is 5.15. The van der Waals surface area contributed by atoms with Gasteiger partial charge in [0, 0.05) is 26.7 Å². The summed E-state index contributed by atoms with van der Waals surface area (Å²) in [7, 11) is 3.36. The van der Waals surface area contributed by atoms with E-state index in [4.69, 9.17) is 9.84 Å². The molecule has 0 spiro atoms. The average molecular weight is 287 g/mol. The molecule has 2 unspecified atom stereocenters. The molecule has 3 N–H and O–H groups in total. The van der Waals surface area contributed by atoms with E-state index in [2.05, 4.69) is 10.6 Å². The zero-order valence-electron chi connectivity index (χ0n) is 12.2. The van der Waals surface area contributed by atoms with Gasteiger partial charge in [0.2, 0.25) is 0 Å². The third-order valence-corrected chi connectivity index (χ3v) is 3.52. The van der Waals surface area contributed by atoms with Crippen molar-refractivity contribution >= 4 is 12.0 Å². The van der Waals surface area contributed by atoms with Crippen LogP contribution in [0.3, 0.4) is 0 Å². The Labute approximate surface area is 119 Å². The predicted octanol–water partition coefficient (Wildman–Crippen LogP) is 0.117. The number of likely N-dealkylation sites (tertiary alicyclic amines) is 1. The first-order valence-corrected chi connectivity index (χ1v) is 6.98. The quantitative estimate of drug-likeness (QED) is 0.618. The fourth-order valence-electron chi connectivity index (χ4n) is 2.45. The van der Waals surface area contributed by atoms with Gasteiger partial charge in [0.25, 0.3) is 0 Å². The van der Waals surface area contributed by atoms with Gasteiger partial charge < -0.3 is 25.4 Å². The number of nitrogens with one attached hydrogen (secondary N) is 2. The van der Waals surface area contributed by atoms with Gasteiger partial charge >= 0.3 is 12.0 Å². The molecule has 1 heterocycles. The van der Waals surface area contributed by atoms with Gasteiger partial charge in [0.05, 0.1) is 12.5 Å². The van der Waals surface area contributed by atoms with E-state index < -0.39 is 12.1 Å². The minimum absolute atomic E-state index is 0.112. The van der Waals surface area contributed by atoms with Crippen LogP contribution in [0.2, 0.25) is 0 Å². The Kier molecular flexibility index (Phi) is 7.32. The highest BCUT2D eigenvalue weighted by atomic mass is 16.5. The maximum atomic E-state index is 12.0. The molecule has 0 aliphatic carbocycles. The molecule has 1 saturated heterocycles. The largest absolute Gasteiger partial charge is 0.481 e. The van der Waals surface area contributed by atoms with E-state index >= 15 is 0 Å². The van der Waals surface area contributed by atoms with Crippen LogP contribution in [0.5, 0.6) is 0 Å². The Hall–Kier alpha value is -1.34. The normalized spacial score (nSPS) is 20.5. The summed E-state index contributed by atoms with van der Waals surface area (Å²) in [6.45, 7) is 2.62. The summed E-state index contributed by atoms with van der Waals surface area (Å²) in [5.41, 5.74) is 0. The third kappa shape index (κ3) is 5.75. The third-order valence-electron chi connectivity index (χ3n) is 3.52. The number of methoxy groups -OCH3 is 1. The van der Waals surface area contributed by atoms with E-state index in [1.165, 1.54) is 7.11 Å². The van der Waals surface area contributed by atoms with Gasteiger partial charge in [0.1, 0.15) is 0 Å². The van der Waals surface area contributed by atoms with Gasteiger partial charge in [-0.2, -0.15) is 0 Å². The van der Waals surface area contributed by atoms with E-state index in [-0.39, 0.29) is 19.0 Å². The number of urea groups is 1. The van der Waals surface area contributed by atoms with Crippen LogP contribution in [-0.2, 0) is 9.53 Å². The van der Waals surface area contributed by atoms with Gasteiger partial charge in [-0.05, 0) is 32.4 Å². The second kappa shape index (κ2) is 8.76. The Morgan fingerprint density at radius 2 is 2.25 bits per heavy atom. The van der Waals surface area contributed by atoms with Crippen molar-refractivity contribution in [2.24, 2.45) is 5.92 Å². The molecule has 0 bridgehead atoms. The fraction of sp³-hybridized carbons (Fsp3) is 0.846. The summed E-state index contributed by atoms with van der Waals surface area (Å²) >= 11 is 0. The molecule has 7 nitrogen and oxygen atoms in total. The topological polar surface area (TPSA) is 90.9 Å². The van der Waals surface area contributed by atoms with Crippen LogP contribution >= 0.6 is 0 Å². The summed E-state index contributed by atoms with van der Waals surface area (Å²) in [5, 5.41) is 14.6. The summed E-state index contributed by atoms with van der Waals surface area (Å²) in [5.74, 6) is -0.449. The van der Waals surface area contributed by atoms with Crippen LogP contribution in [0.4, 0.5) is 4.79 Å². The Morgan fingerprint density at radius 3 is 2.85 bits per heavy atom. The number of carbonyl (C=O) groups is 2. The number of piperidine rings is 1. The van der Waals surface area contributed by atoms with Crippen molar-refractivity contribution in [2.45, 2.75) is 25.4 Å². The average Bonchev–Trinajstić information content (AvgIpc) is 2.43. The number of aliphatic carboxylic acids is 1.